The van der Waals surface area contributed by atoms with Crippen LogP contribution in [0.3, 0.4) is 0 Å². The minimum atomic E-state index is -0.555. The molecule has 0 fully saturated rings. The first-order valence-corrected chi connectivity index (χ1v) is 10.3. The van der Waals surface area contributed by atoms with Crippen LogP contribution >= 0.6 is 11.6 Å². The number of pyridine rings is 1. The summed E-state index contributed by atoms with van der Waals surface area (Å²) in [6.07, 6.45) is 5.23. The van der Waals surface area contributed by atoms with Crippen LogP contribution in [-0.4, -0.2) is 21.3 Å². The summed E-state index contributed by atoms with van der Waals surface area (Å²) in [6, 6.07) is 18.4. The fourth-order valence-corrected chi connectivity index (χ4v) is 3.74. The molecular weight excluding hydrogens is 412 g/mol. The molecule has 1 amide bonds. The highest BCUT2D eigenvalue weighted by molar-refractivity contribution is 6.30. The van der Waals surface area contributed by atoms with Crippen molar-refractivity contribution < 1.29 is 4.79 Å². The van der Waals surface area contributed by atoms with Crippen molar-refractivity contribution in [3.63, 3.8) is 0 Å². The number of benzene rings is 2. The van der Waals surface area contributed by atoms with Gasteiger partial charge in [0, 0.05) is 40.4 Å². The van der Waals surface area contributed by atoms with Gasteiger partial charge in [0.25, 0.3) is 11.5 Å². The third-order valence-corrected chi connectivity index (χ3v) is 5.27. The van der Waals surface area contributed by atoms with Crippen LogP contribution in [0.5, 0.6) is 0 Å². The minimum Gasteiger partial charge on any atom is -0.347 e. The first-order valence-electron chi connectivity index (χ1n) is 9.92. The third kappa shape index (κ3) is 4.44. The summed E-state index contributed by atoms with van der Waals surface area (Å²) < 4.78 is 3.59. The molecule has 0 atom stereocenters. The molecule has 0 unspecified atom stereocenters. The maximum absolute atomic E-state index is 12.8. The van der Waals surface area contributed by atoms with Crippen molar-refractivity contribution in [3.05, 3.63) is 105 Å². The second kappa shape index (κ2) is 9.02. The summed E-state index contributed by atoms with van der Waals surface area (Å²) in [6.45, 7) is 3.22. The average Bonchev–Trinajstić information content (AvgIpc) is 3.13. The highest BCUT2D eigenvalue weighted by Gasteiger charge is 2.12. The smallest absolute Gasteiger partial charge is 0.276 e. The van der Waals surface area contributed by atoms with Crippen LogP contribution in [0.15, 0.2) is 83.0 Å². The predicted molar refractivity (Wildman–Crippen MR) is 124 cm³/mol. The molecule has 4 aromatic rings. The van der Waals surface area contributed by atoms with Crippen molar-refractivity contribution in [2.45, 2.75) is 20.0 Å². The number of carbonyl (C=O) groups is 1. The third-order valence-electron chi connectivity index (χ3n) is 5.04. The molecule has 7 heteroatoms. The average molecular weight is 433 g/mol. The Morgan fingerprint density at radius 1 is 1.10 bits per heavy atom. The number of hydrazone groups is 1. The molecule has 4 rings (SSSR count). The SMILES string of the molecule is CCn1cc(/C=N\NC(=O)c2cccn(Cc3cccc(Cl)c3)c2=O)c2ccccc21. The quantitative estimate of drug-likeness (QED) is 0.365. The van der Waals surface area contributed by atoms with Gasteiger partial charge in [-0.1, -0.05) is 41.9 Å². The fraction of sp³-hybridized carbons (Fsp3) is 0.125. The number of hydrogen-bond acceptors (Lipinski definition) is 3. The van der Waals surface area contributed by atoms with Crippen molar-refractivity contribution in [2.75, 3.05) is 0 Å². The van der Waals surface area contributed by atoms with Gasteiger partial charge in [0.15, 0.2) is 0 Å². The van der Waals surface area contributed by atoms with E-state index in [1.54, 1.807) is 30.6 Å². The second-order valence-corrected chi connectivity index (χ2v) is 7.51. The molecule has 6 nitrogen and oxygen atoms in total. The van der Waals surface area contributed by atoms with Gasteiger partial charge < -0.3 is 9.13 Å². The zero-order valence-electron chi connectivity index (χ0n) is 17.0. The number of para-hydroxylation sites is 1. The number of halogens is 1. The number of aromatic nitrogens is 2. The second-order valence-electron chi connectivity index (χ2n) is 7.07. The summed E-state index contributed by atoms with van der Waals surface area (Å²) >= 11 is 6.02. The first kappa shape index (κ1) is 20.6. The van der Waals surface area contributed by atoms with E-state index in [1.165, 1.54) is 10.6 Å². The lowest BCUT2D eigenvalue weighted by Crippen LogP contribution is -2.30. The van der Waals surface area contributed by atoms with Gasteiger partial charge in [-0.25, -0.2) is 5.43 Å². The molecule has 0 saturated heterocycles. The number of fused-ring (bicyclic) bond motifs is 1. The molecule has 0 radical (unpaired) electrons. The molecule has 0 saturated carbocycles. The summed E-state index contributed by atoms with van der Waals surface area (Å²) in [7, 11) is 0. The zero-order chi connectivity index (χ0) is 21.8. The molecule has 1 N–H and O–H groups in total. The van der Waals surface area contributed by atoms with Crippen molar-refractivity contribution in [1.82, 2.24) is 14.6 Å². The largest absolute Gasteiger partial charge is 0.347 e. The maximum atomic E-state index is 12.8. The molecule has 0 aliphatic heterocycles. The van der Waals surface area contributed by atoms with Gasteiger partial charge in [0.1, 0.15) is 5.56 Å². The van der Waals surface area contributed by atoms with Crippen molar-refractivity contribution >= 4 is 34.6 Å². The Bertz CT molecular complexity index is 1340. The normalized spacial score (nSPS) is 11.3. The molecule has 2 aromatic heterocycles. The van der Waals surface area contributed by atoms with Crippen LogP contribution in [0.4, 0.5) is 0 Å². The number of nitrogens with zero attached hydrogens (tertiary/aromatic N) is 3. The number of nitrogens with one attached hydrogen (secondary N) is 1. The Balaban J connectivity index is 1.52. The van der Waals surface area contributed by atoms with Gasteiger partial charge in [-0.15, -0.1) is 0 Å². The van der Waals surface area contributed by atoms with Crippen LogP contribution in [-0.2, 0) is 13.1 Å². The highest BCUT2D eigenvalue weighted by atomic mass is 35.5. The van der Waals surface area contributed by atoms with E-state index in [1.807, 2.05) is 42.6 Å². The molecule has 0 aliphatic carbocycles. The van der Waals surface area contributed by atoms with Crippen molar-refractivity contribution in [1.29, 1.82) is 0 Å². The number of aryl methyl sites for hydroxylation is 1. The number of carbonyl (C=O) groups excluding carboxylic acids is 1. The van der Waals surface area contributed by atoms with Crippen LogP contribution in [0, 0.1) is 0 Å². The Hall–Kier alpha value is -3.64. The standard InChI is InChI=1S/C24H21ClN4O2/c1-2-28-16-18(20-9-3-4-11-22(20)28)14-26-27-23(30)21-10-6-12-29(24(21)31)15-17-7-5-8-19(25)13-17/h3-14,16H,2,15H2,1H3,(H,27,30)/b26-14-. The Morgan fingerprint density at radius 2 is 1.94 bits per heavy atom. The molecule has 0 spiro atoms. The van der Waals surface area contributed by atoms with Gasteiger partial charge in [-0.3, -0.25) is 9.59 Å². The summed E-state index contributed by atoms with van der Waals surface area (Å²) in [5.41, 5.74) is 4.97. The molecule has 31 heavy (non-hydrogen) atoms. The van der Waals surface area contributed by atoms with E-state index in [4.69, 9.17) is 11.6 Å². The van der Waals surface area contributed by atoms with Crippen molar-refractivity contribution in [3.8, 4) is 0 Å². The molecule has 156 valence electrons. The lowest BCUT2D eigenvalue weighted by atomic mass is 10.2. The summed E-state index contributed by atoms with van der Waals surface area (Å²) in [4.78, 5) is 25.3. The van der Waals surface area contributed by atoms with Gasteiger partial charge >= 0.3 is 0 Å². The Morgan fingerprint density at radius 3 is 2.74 bits per heavy atom. The molecule has 2 aromatic carbocycles. The summed E-state index contributed by atoms with van der Waals surface area (Å²) in [5, 5.41) is 5.72. The van der Waals surface area contributed by atoms with E-state index in [0.29, 0.717) is 11.6 Å². The van der Waals surface area contributed by atoms with Crippen LogP contribution in [0.2, 0.25) is 5.02 Å². The maximum Gasteiger partial charge on any atom is 0.276 e. The van der Waals surface area contributed by atoms with E-state index < -0.39 is 11.5 Å². The molecule has 0 bridgehead atoms. The van der Waals surface area contributed by atoms with Crippen LogP contribution in [0.1, 0.15) is 28.4 Å². The topological polar surface area (TPSA) is 68.4 Å². The van der Waals surface area contributed by atoms with Gasteiger partial charge in [-0.2, -0.15) is 5.10 Å². The van der Waals surface area contributed by atoms with E-state index in [9.17, 15) is 9.59 Å². The van der Waals surface area contributed by atoms with Crippen LogP contribution in [0.25, 0.3) is 10.9 Å². The Kier molecular flexibility index (Phi) is 6.00. The number of rotatable bonds is 6. The van der Waals surface area contributed by atoms with E-state index in [-0.39, 0.29) is 5.56 Å². The lowest BCUT2D eigenvalue weighted by Gasteiger charge is -2.08. The minimum absolute atomic E-state index is 0.0256. The number of hydrogen-bond donors (Lipinski definition) is 1. The Labute approximate surface area is 184 Å². The zero-order valence-corrected chi connectivity index (χ0v) is 17.7. The van der Waals surface area contributed by atoms with E-state index >= 15 is 0 Å². The highest BCUT2D eigenvalue weighted by Crippen LogP contribution is 2.19. The van der Waals surface area contributed by atoms with E-state index in [2.05, 4.69) is 22.0 Å². The molecule has 0 aliphatic rings. The fourth-order valence-electron chi connectivity index (χ4n) is 3.53. The number of amides is 1. The molecular formula is C24H21ClN4O2. The van der Waals surface area contributed by atoms with Gasteiger partial charge in [0.2, 0.25) is 0 Å². The predicted octanol–water partition coefficient (Wildman–Crippen LogP) is 4.29. The van der Waals surface area contributed by atoms with Gasteiger partial charge in [0.05, 0.1) is 12.8 Å². The van der Waals surface area contributed by atoms with Crippen LogP contribution < -0.4 is 11.0 Å². The van der Waals surface area contributed by atoms with E-state index in [0.717, 1.165) is 28.6 Å². The molecule has 2 heterocycles. The monoisotopic (exact) mass is 432 g/mol. The lowest BCUT2D eigenvalue weighted by molar-refractivity contribution is 0.0953. The first-order chi connectivity index (χ1) is 15.1. The van der Waals surface area contributed by atoms with Crippen molar-refractivity contribution in [2.24, 2.45) is 5.10 Å². The van der Waals surface area contributed by atoms with Gasteiger partial charge in [-0.05, 0) is 42.8 Å². The summed E-state index contributed by atoms with van der Waals surface area (Å²) in [5.74, 6) is -0.555.